The number of nitrogens with two attached hydrogens (primary N) is 1. The maximum absolute atomic E-state index is 14.9. The molecule has 2 aliphatic rings. The van der Waals surface area contributed by atoms with E-state index in [-0.39, 0.29) is 55.1 Å². The van der Waals surface area contributed by atoms with Crippen molar-refractivity contribution >= 4 is 35.4 Å². The average Bonchev–Trinajstić information content (AvgIpc) is 2.92. The number of hydrogen-bond donors (Lipinski definition) is 3. The summed E-state index contributed by atoms with van der Waals surface area (Å²) in [4.78, 5) is 58.8. The van der Waals surface area contributed by atoms with E-state index in [0.29, 0.717) is 24.1 Å². The van der Waals surface area contributed by atoms with Crippen molar-refractivity contribution in [2.75, 3.05) is 31.5 Å². The fourth-order valence-corrected chi connectivity index (χ4v) is 4.46. The quantitative estimate of drug-likeness (QED) is 0.171. The van der Waals surface area contributed by atoms with Gasteiger partial charge in [0.15, 0.2) is 5.84 Å². The molecule has 0 radical (unpaired) electrons. The minimum atomic E-state index is -0.868. The zero-order valence-corrected chi connectivity index (χ0v) is 22.0. The lowest BCUT2D eigenvalue weighted by atomic mass is 9.96. The monoisotopic (exact) mass is 538 g/mol. The van der Waals surface area contributed by atoms with Crippen LogP contribution in [0.25, 0.3) is 0 Å². The number of carbonyl (C=O) groups is 4. The van der Waals surface area contributed by atoms with Gasteiger partial charge in [-0.15, -0.1) is 0 Å². The van der Waals surface area contributed by atoms with E-state index in [0.717, 1.165) is 4.90 Å². The zero-order chi connectivity index (χ0) is 28.4. The lowest BCUT2D eigenvalue weighted by Gasteiger charge is -2.36. The summed E-state index contributed by atoms with van der Waals surface area (Å²) in [6.45, 7) is 6.43. The molecule has 0 aliphatic carbocycles. The van der Waals surface area contributed by atoms with Gasteiger partial charge in [0.1, 0.15) is 17.3 Å². The van der Waals surface area contributed by atoms with E-state index in [1.807, 2.05) is 13.8 Å². The number of hydrogen-bond acceptors (Lipinski definition) is 7. The second kappa shape index (κ2) is 11.2. The van der Waals surface area contributed by atoms with Crippen molar-refractivity contribution < 1.29 is 23.6 Å². The molecule has 0 saturated carbocycles. The highest BCUT2D eigenvalue weighted by atomic mass is 19.1. The van der Waals surface area contributed by atoms with Crippen LogP contribution >= 0.6 is 0 Å². The van der Waals surface area contributed by atoms with Crippen molar-refractivity contribution in [3.8, 4) is 0 Å². The Morgan fingerprint density at radius 2 is 1.90 bits per heavy atom. The van der Waals surface area contributed by atoms with Crippen LogP contribution in [0.2, 0.25) is 0 Å². The molecule has 5 amide bonds. The summed E-state index contributed by atoms with van der Waals surface area (Å²) in [7, 11) is 0. The third kappa shape index (κ3) is 5.58. The molecule has 2 aromatic rings. The first-order chi connectivity index (χ1) is 18.5. The summed E-state index contributed by atoms with van der Waals surface area (Å²) in [6.07, 6.45) is 0.327. The molecule has 4 rings (SSSR count). The Morgan fingerprint density at radius 3 is 2.59 bits per heavy atom. The van der Waals surface area contributed by atoms with Crippen molar-refractivity contribution in [1.29, 1.82) is 5.41 Å². The number of hydrazine groups is 1. The molecule has 1 aromatic heterocycles. The molecule has 1 saturated heterocycles. The summed E-state index contributed by atoms with van der Waals surface area (Å²) in [5.41, 5.74) is 1.20. The molecule has 2 aliphatic heterocycles. The van der Waals surface area contributed by atoms with E-state index < -0.39 is 29.6 Å². The second-order valence-corrected chi connectivity index (χ2v) is 9.61. The van der Waals surface area contributed by atoms with Crippen LogP contribution in [0.1, 0.15) is 48.0 Å². The maximum Gasteiger partial charge on any atom is 0.327 e. The number of imide groups is 1. The Bertz CT molecular complexity index is 1350. The van der Waals surface area contributed by atoms with Crippen LogP contribution in [0.4, 0.5) is 15.0 Å². The summed E-state index contributed by atoms with van der Waals surface area (Å²) < 4.78 is 14.9. The molecule has 13 heteroatoms. The Morgan fingerprint density at radius 1 is 1.15 bits per heavy atom. The smallest absolute Gasteiger partial charge is 0.327 e. The summed E-state index contributed by atoms with van der Waals surface area (Å²) in [5.74, 6) is 2.91. The number of piperazine rings is 1. The van der Waals surface area contributed by atoms with Gasteiger partial charge < -0.3 is 15.1 Å². The summed E-state index contributed by atoms with van der Waals surface area (Å²) >= 11 is 0. The Balaban J connectivity index is 1.49. The normalized spacial score (nSPS) is 15.4. The van der Waals surface area contributed by atoms with Gasteiger partial charge in [-0.25, -0.2) is 20.0 Å². The minimum Gasteiger partial charge on any atom is -0.333 e. The highest BCUT2D eigenvalue weighted by Gasteiger charge is 2.38. The lowest BCUT2D eigenvalue weighted by molar-refractivity contribution is -0.153. The molecule has 0 spiro atoms. The van der Waals surface area contributed by atoms with Gasteiger partial charge in [0.05, 0.1) is 5.56 Å². The molecular formula is C26H31FN8O4. The first-order valence-electron chi connectivity index (χ1n) is 12.6. The molecule has 12 nitrogen and oxygen atoms in total. The van der Waals surface area contributed by atoms with Crippen LogP contribution in [-0.4, -0.2) is 86.5 Å². The zero-order valence-electron chi connectivity index (χ0n) is 22.0. The van der Waals surface area contributed by atoms with Crippen LogP contribution in [-0.2, 0) is 22.6 Å². The molecule has 0 atom stereocenters. The van der Waals surface area contributed by atoms with Gasteiger partial charge in [0.2, 0.25) is 0 Å². The molecule has 3 heterocycles. The van der Waals surface area contributed by atoms with Crippen LogP contribution in [0.5, 0.6) is 0 Å². The van der Waals surface area contributed by atoms with Gasteiger partial charge >= 0.3 is 17.8 Å². The molecular weight excluding hydrogens is 507 g/mol. The number of aromatic nitrogens is 1. The van der Waals surface area contributed by atoms with E-state index in [1.165, 1.54) is 33.0 Å². The largest absolute Gasteiger partial charge is 0.333 e. The van der Waals surface area contributed by atoms with Crippen molar-refractivity contribution in [3.63, 3.8) is 0 Å². The van der Waals surface area contributed by atoms with Crippen molar-refractivity contribution in [2.24, 2.45) is 5.84 Å². The van der Waals surface area contributed by atoms with Gasteiger partial charge in [-0.1, -0.05) is 6.07 Å². The van der Waals surface area contributed by atoms with Gasteiger partial charge in [-0.3, -0.25) is 29.7 Å². The third-order valence-electron chi connectivity index (χ3n) is 6.79. The van der Waals surface area contributed by atoms with E-state index >= 15 is 0 Å². The molecule has 0 unspecified atom stereocenters. The van der Waals surface area contributed by atoms with Gasteiger partial charge in [-0.05, 0) is 62.6 Å². The lowest BCUT2D eigenvalue weighted by Crippen LogP contribution is -2.59. The Kier molecular flexibility index (Phi) is 7.90. The average molecular weight is 539 g/mol. The molecule has 1 aromatic carbocycles. The number of amides is 5. The number of anilines is 1. The number of urea groups is 1. The molecule has 0 bridgehead atoms. The molecule has 39 heavy (non-hydrogen) atoms. The summed E-state index contributed by atoms with van der Waals surface area (Å²) in [6, 6.07) is 6.60. The van der Waals surface area contributed by atoms with Crippen LogP contribution < -0.4 is 11.2 Å². The number of likely N-dealkylation sites (N-methyl/N-ethyl adjacent to an activating group) is 1. The van der Waals surface area contributed by atoms with Crippen molar-refractivity contribution in [1.82, 2.24) is 24.7 Å². The van der Waals surface area contributed by atoms with Crippen LogP contribution in [0.15, 0.2) is 30.3 Å². The third-order valence-corrected chi connectivity index (χ3v) is 6.79. The highest BCUT2D eigenvalue weighted by Crippen LogP contribution is 2.25. The fourth-order valence-electron chi connectivity index (χ4n) is 4.46. The number of rotatable bonds is 5. The summed E-state index contributed by atoms with van der Waals surface area (Å²) in [5, 5.41) is 12.0. The number of carbonyl (C=O) groups excluding carboxylic acids is 4. The topological polar surface area (TPSA) is 156 Å². The van der Waals surface area contributed by atoms with Gasteiger partial charge in [0.25, 0.3) is 5.91 Å². The van der Waals surface area contributed by atoms with Crippen LogP contribution in [0.3, 0.4) is 0 Å². The Hall–Kier alpha value is -4.39. The van der Waals surface area contributed by atoms with Crippen LogP contribution in [0, 0.1) is 11.2 Å². The van der Waals surface area contributed by atoms with Crippen molar-refractivity contribution in [3.05, 3.63) is 58.5 Å². The first kappa shape index (κ1) is 27.6. The van der Waals surface area contributed by atoms with E-state index in [4.69, 9.17) is 11.3 Å². The molecule has 4 N–H and O–H groups in total. The van der Waals surface area contributed by atoms with Gasteiger partial charge in [0, 0.05) is 38.8 Å². The van der Waals surface area contributed by atoms with Crippen molar-refractivity contribution in [2.45, 2.75) is 39.8 Å². The Labute approximate surface area is 225 Å². The fraction of sp³-hybridized carbons (Fsp3) is 0.385. The number of nitrogens with one attached hydrogen (secondary N) is 2. The number of pyridine rings is 1. The van der Waals surface area contributed by atoms with E-state index in [2.05, 4.69) is 10.3 Å². The minimum absolute atomic E-state index is 0.0397. The SMILES string of the molecule is CCN1CCN(C(=O)N2CCc3cc(F)c(C(=O)Nc4cccc(C(=N)N(N)C(C)C)n4)cc3C2)C(=O)C1=O. The number of benzene rings is 1. The van der Waals surface area contributed by atoms with E-state index in [1.54, 1.807) is 19.1 Å². The number of nitrogens with zero attached hydrogens (tertiary/aromatic N) is 5. The maximum atomic E-state index is 14.9. The number of halogens is 1. The van der Waals surface area contributed by atoms with E-state index in [9.17, 15) is 23.6 Å². The number of amidine groups is 1. The second-order valence-electron chi connectivity index (χ2n) is 9.61. The predicted molar refractivity (Wildman–Crippen MR) is 140 cm³/mol. The first-order valence-corrected chi connectivity index (χ1v) is 12.6. The number of fused-ring (bicyclic) bond motifs is 1. The van der Waals surface area contributed by atoms with Gasteiger partial charge in [-0.2, -0.15) is 0 Å². The standard InChI is InChI=1S/C26H31FN8O4/c1-4-32-10-11-34(25(38)24(32)37)26(39)33-9-8-16-13-19(27)18(12-17(16)14-33)23(36)31-21-7-5-6-20(30-21)22(28)35(29)15(2)3/h5-7,12-13,15,28H,4,8-11,14,29H2,1-3H3,(H,30,31,36). The molecule has 206 valence electrons. The predicted octanol–water partition coefficient (Wildman–Crippen LogP) is 1.55. The highest BCUT2D eigenvalue weighted by molar-refractivity contribution is 6.38. The molecule has 1 fully saturated rings.